The van der Waals surface area contributed by atoms with Crippen LogP contribution >= 0.6 is 0 Å². The number of oxazole rings is 1. The maximum absolute atomic E-state index is 13.2. The van der Waals surface area contributed by atoms with Gasteiger partial charge in [0.2, 0.25) is 11.8 Å². The summed E-state index contributed by atoms with van der Waals surface area (Å²) in [6.45, 7) is 1.91. The topological polar surface area (TPSA) is 105 Å². The quantitative estimate of drug-likeness (QED) is 0.236. The zero-order chi connectivity index (χ0) is 27.2. The normalized spacial score (nSPS) is 18.8. The maximum atomic E-state index is 13.2. The molecule has 3 atom stereocenters. The van der Waals surface area contributed by atoms with Gasteiger partial charge in [-0.2, -0.15) is 13.2 Å². The molecule has 1 aliphatic rings. The molecule has 2 heterocycles. The minimum Gasteiger partial charge on any atom is -0.461 e. The number of carbonyl (C=O) groups excluding carboxylic acids is 2. The summed E-state index contributed by atoms with van der Waals surface area (Å²) in [5, 5.41) is 7.84. The van der Waals surface area contributed by atoms with Gasteiger partial charge in [0, 0.05) is 25.1 Å². The van der Waals surface area contributed by atoms with E-state index in [1.807, 2.05) is 5.32 Å². The van der Waals surface area contributed by atoms with Crippen LogP contribution < -0.4 is 16.0 Å². The lowest BCUT2D eigenvalue weighted by Crippen LogP contribution is -2.55. The molecule has 1 aliphatic heterocycles. The summed E-state index contributed by atoms with van der Waals surface area (Å²) in [6.07, 6.45) is 2.15. The lowest BCUT2D eigenvalue weighted by Gasteiger charge is -2.27. The number of nitrogens with one attached hydrogen (secondary N) is 3. The summed E-state index contributed by atoms with van der Waals surface area (Å²) in [5.74, 6) is 0.881. The van der Waals surface area contributed by atoms with Gasteiger partial charge in [0.1, 0.15) is 18.5 Å². The third kappa shape index (κ3) is 8.03. The van der Waals surface area contributed by atoms with Gasteiger partial charge >= 0.3 is 12.1 Å². The number of rotatable bonds is 11. The fraction of sp³-hybridized carbons (Fsp3) is 0.480. The van der Waals surface area contributed by atoms with E-state index in [4.69, 9.17) is 15.6 Å². The average molecular weight is 525 g/mol. The van der Waals surface area contributed by atoms with Crippen LogP contribution in [-0.4, -0.2) is 54.8 Å². The van der Waals surface area contributed by atoms with Gasteiger partial charge in [-0.1, -0.05) is 0 Å². The van der Waals surface area contributed by atoms with E-state index in [1.165, 1.54) is 30.5 Å². The Hall–Kier alpha value is -3.43. The minimum atomic E-state index is -4.58. The first-order chi connectivity index (χ1) is 17.4. The molecule has 200 valence electrons. The van der Waals surface area contributed by atoms with Crippen molar-refractivity contribution < 1.29 is 36.3 Å². The number of cyclic esters (lactones) is 1. The Morgan fingerprint density at radius 2 is 1.97 bits per heavy atom. The molecule has 1 fully saturated rings. The molecule has 0 aliphatic carbocycles. The molecule has 2 aromatic rings. The number of carbonyl (C=O) groups is 2. The fourth-order valence-corrected chi connectivity index (χ4v) is 3.74. The number of nitrogens with zero attached hydrogens (tertiary/aromatic N) is 1. The molecular formula is C25H28F4N4O4. The number of hydrogen-bond donors (Lipinski definition) is 3. The molecule has 8 nitrogen and oxygen atoms in total. The highest BCUT2D eigenvalue weighted by Crippen LogP contribution is 2.27. The summed E-state index contributed by atoms with van der Waals surface area (Å²) >= 11 is 0. The van der Waals surface area contributed by atoms with Crippen LogP contribution in [0.5, 0.6) is 0 Å². The molecule has 1 amide bonds. The molecule has 0 radical (unpaired) electrons. The fourth-order valence-electron chi connectivity index (χ4n) is 3.74. The van der Waals surface area contributed by atoms with Gasteiger partial charge in [-0.25, -0.2) is 9.37 Å². The van der Waals surface area contributed by atoms with Crippen molar-refractivity contribution >= 4 is 11.9 Å². The Kier molecular flexibility index (Phi) is 8.94. The lowest BCUT2D eigenvalue weighted by atomic mass is 10.0. The van der Waals surface area contributed by atoms with Gasteiger partial charge < -0.3 is 25.1 Å². The Balaban J connectivity index is 1.65. The smallest absolute Gasteiger partial charge is 0.405 e. The molecule has 0 saturated carbocycles. The van der Waals surface area contributed by atoms with E-state index >= 15 is 0 Å². The monoisotopic (exact) mass is 524 g/mol. The van der Waals surface area contributed by atoms with Gasteiger partial charge in [-0.3, -0.25) is 9.59 Å². The van der Waals surface area contributed by atoms with Gasteiger partial charge in [0.15, 0.2) is 5.76 Å². The second kappa shape index (κ2) is 11.7. The Bertz CT molecular complexity index is 1120. The SMILES string of the molecule is C#CC[C@@H]1C[C@@H](CN[C@@H](CNC(C)(C)c2ncc(-c3ccc(F)cc3)o2)C(=O)NCC(F)(F)F)OC1=O. The summed E-state index contributed by atoms with van der Waals surface area (Å²) in [5.41, 5.74) is -0.323. The van der Waals surface area contributed by atoms with Crippen LogP contribution in [0.25, 0.3) is 11.3 Å². The highest BCUT2D eigenvalue weighted by atomic mass is 19.4. The van der Waals surface area contributed by atoms with Gasteiger partial charge in [-0.15, -0.1) is 12.3 Å². The highest BCUT2D eigenvalue weighted by Gasteiger charge is 2.36. The number of esters is 1. The van der Waals surface area contributed by atoms with E-state index in [9.17, 15) is 27.2 Å². The molecule has 1 saturated heterocycles. The van der Waals surface area contributed by atoms with Crippen LogP contribution in [0, 0.1) is 24.1 Å². The molecule has 0 unspecified atom stereocenters. The number of hydrogen-bond acceptors (Lipinski definition) is 7. The summed E-state index contributed by atoms with van der Waals surface area (Å²) < 4.78 is 62.3. The number of amides is 1. The van der Waals surface area contributed by atoms with E-state index in [1.54, 1.807) is 13.8 Å². The van der Waals surface area contributed by atoms with Crippen molar-refractivity contribution in [3.63, 3.8) is 0 Å². The molecule has 3 N–H and O–H groups in total. The van der Waals surface area contributed by atoms with Gasteiger partial charge in [0.05, 0.1) is 23.7 Å². The van der Waals surface area contributed by atoms with Crippen LogP contribution in [0.4, 0.5) is 17.6 Å². The van der Waals surface area contributed by atoms with Crippen LogP contribution in [0.2, 0.25) is 0 Å². The van der Waals surface area contributed by atoms with Crippen molar-refractivity contribution in [2.45, 2.75) is 50.6 Å². The van der Waals surface area contributed by atoms with E-state index in [0.717, 1.165) is 0 Å². The third-order valence-electron chi connectivity index (χ3n) is 5.82. The molecule has 1 aromatic heterocycles. The van der Waals surface area contributed by atoms with Crippen LogP contribution in [0.3, 0.4) is 0 Å². The Morgan fingerprint density at radius 3 is 2.62 bits per heavy atom. The minimum absolute atomic E-state index is 0.0484. The predicted molar refractivity (Wildman–Crippen MR) is 125 cm³/mol. The second-order valence-electron chi connectivity index (χ2n) is 9.24. The molecular weight excluding hydrogens is 496 g/mol. The largest absolute Gasteiger partial charge is 0.461 e. The number of terminal acetylenes is 1. The first kappa shape index (κ1) is 28.1. The molecule has 12 heteroatoms. The standard InChI is InChI=1S/C25H28F4N4O4/c1-4-5-16-10-18(36-22(16)35)11-30-19(21(34)32-14-25(27,28)29)12-33-24(2,3)23-31-13-20(37-23)15-6-8-17(26)9-7-15/h1,6-9,13,16,18-19,30,33H,5,10-12,14H2,2-3H3,(H,32,34)/t16-,18+,19+/m1/s1. The Labute approximate surface area is 211 Å². The molecule has 0 bridgehead atoms. The van der Waals surface area contributed by atoms with E-state index in [2.05, 4.69) is 21.5 Å². The molecule has 3 rings (SSSR count). The number of benzene rings is 1. The summed E-state index contributed by atoms with van der Waals surface area (Å²) in [4.78, 5) is 28.7. The summed E-state index contributed by atoms with van der Waals surface area (Å²) in [7, 11) is 0. The van der Waals surface area contributed by atoms with E-state index in [0.29, 0.717) is 17.7 Å². The zero-order valence-electron chi connectivity index (χ0n) is 20.3. The van der Waals surface area contributed by atoms with Crippen LogP contribution in [0.1, 0.15) is 32.6 Å². The van der Waals surface area contributed by atoms with Gasteiger partial charge in [-0.05, 0) is 44.5 Å². The number of halogens is 4. The first-order valence-corrected chi connectivity index (χ1v) is 11.6. The predicted octanol–water partition coefficient (Wildman–Crippen LogP) is 2.90. The maximum Gasteiger partial charge on any atom is 0.405 e. The summed E-state index contributed by atoms with van der Waals surface area (Å²) in [6, 6.07) is 4.54. The van der Waals surface area contributed by atoms with Crippen molar-refractivity contribution in [1.29, 1.82) is 0 Å². The van der Waals surface area contributed by atoms with Crippen molar-refractivity contribution in [3.05, 3.63) is 42.2 Å². The number of alkyl halides is 3. The van der Waals surface area contributed by atoms with E-state index < -0.39 is 54.0 Å². The number of aromatic nitrogens is 1. The van der Waals surface area contributed by atoms with Crippen LogP contribution in [0.15, 0.2) is 34.9 Å². The zero-order valence-corrected chi connectivity index (χ0v) is 20.3. The average Bonchev–Trinajstić information content (AvgIpc) is 3.46. The highest BCUT2D eigenvalue weighted by molar-refractivity contribution is 5.82. The number of ether oxygens (including phenoxy) is 1. The van der Waals surface area contributed by atoms with Crippen molar-refractivity contribution in [3.8, 4) is 23.7 Å². The van der Waals surface area contributed by atoms with Crippen molar-refractivity contribution in [1.82, 2.24) is 20.9 Å². The van der Waals surface area contributed by atoms with Crippen LogP contribution in [-0.2, 0) is 19.9 Å². The van der Waals surface area contributed by atoms with Crippen molar-refractivity contribution in [2.75, 3.05) is 19.6 Å². The second-order valence-corrected chi connectivity index (χ2v) is 9.24. The van der Waals surface area contributed by atoms with Crippen molar-refractivity contribution in [2.24, 2.45) is 5.92 Å². The molecule has 1 aromatic carbocycles. The first-order valence-electron chi connectivity index (χ1n) is 11.6. The van der Waals surface area contributed by atoms with E-state index in [-0.39, 0.29) is 25.4 Å². The van der Waals surface area contributed by atoms with Gasteiger partial charge in [0.25, 0.3) is 0 Å². The third-order valence-corrected chi connectivity index (χ3v) is 5.82. The lowest BCUT2D eigenvalue weighted by molar-refractivity contribution is -0.144. The molecule has 37 heavy (non-hydrogen) atoms. The Morgan fingerprint density at radius 1 is 1.27 bits per heavy atom. The molecule has 0 spiro atoms.